The molecule has 0 aliphatic carbocycles. The van der Waals surface area contributed by atoms with Crippen molar-refractivity contribution >= 4 is 29.8 Å². The lowest BCUT2D eigenvalue weighted by atomic mass is 10.3. The van der Waals surface area contributed by atoms with Gasteiger partial charge < -0.3 is 15.5 Å². The first-order valence-electron chi connectivity index (χ1n) is 5.95. The molecule has 0 aromatic carbocycles. The number of pyridine rings is 1. The Morgan fingerprint density at radius 3 is 2.67 bits per heavy atom. The van der Waals surface area contributed by atoms with Gasteiger partial charge in [-0.25, -0.2) is 4.98 Å². The SMILES string of the molecule is CNCC(=O)Nc1ccc(N2CCCC2)nc1.Cl. The molecule has 0 atom stereocenters. The molecule has 1 aliphatic rings. The normalized spacial score (nSPS) is 14.2. The van der Waals surface area contributed by atoms with Crippen LogP contribution in [0, 0.1) is 0 Å². The second kappa shape index (κ2) is 7.18. The van der Waals surface area contributed by atoms with Crippen LogP contribution in [-0.2, 0) is 4.79 Å². The topological polar surface area (TPSA) is 57.3 Å². The van der Waals surface area contributed by atoms with Crippen LogP contribution in [0.5, 0.6) is 0 Å². The third-order valence-corrected chi connectivity index (χ3v) is 2.80. The van der Waals surface area contributed by atoms with Gasteiger partial charge in [0.1, 0.15) is 5.82 Å². The van der Waals surface area contributed by atoms with Crippen LogP contribution in [0.25, 0.3) is 0 Å². The second-order valence-electron chi connectivity index (χ2n) is 4.18. The summed E-state index contributed by atoms with van der Waals surface area (Å²) in [6.45, 7) is 2.48. The third-order valence-electron chi connectivity index (χ3n) is 2.80. The number of hydrogen-bond donors (Lipinski definition) is 2. The number of nitrogens with one attached hydrogen (secondary N) is 2. The maximum atomic E-state index is 11.3. The van der Waals surface area contributed by atoms with E-state index in [0.717, 1.165) is 24.6 Å². The highest BCUT2D eigenvalue weighted by Crippen LogP contribution is 2.18. The largest absolute Gasteiger partial charge is 0.357 e. The summed E-state index contributed by atoms with van der Waals surface area (Å²) in [5.74, 6) is 0.942. The number of amides is 1. The van der Waals surface area contributed by atoms with Crippen molar-refractivity contribution < 1.29 is 4.79 Å². The first-order valence-corrected chi connectivity index (χ1v) is 5.95. The molecule has 1 fully saturated rings. The fourth-order valence-electron chi connectivity index (χ4n) is 1.96. The Hall–Kier alpha value is -1.33. The van der Waals surface area contributed by atoms with Crippen molar-refractivity contribution in [2.24, 2.45) is 0 Å². The van der Waals surface area contributed by atoms with Crippen molar-refractivity contribution in [1.29, 1.82) is 0 Å². The Labute approximate surface area is 113 Å². The molecular formula is C12H19ClN4O. The zero-order chi connectivity index (χ0) is 12.1. The lowest BCUT2D eigenvalue weighted by molar-refractivity contribution is -0.115. The minimum Gasteiger partial charge on any atom is -0.357 e. The zero-order valence-electron chi connectivity index (χ0n) is 10.5. The molecule has 1 aromatic heterocycles. The molecule has 2 heterocycles. The van der Waals surface area contributed by atoms with Crippen LogP contribution in [0.15, 0.2) is 18.3 Å². The number of anilines is 2. The van der Waals surface area contributed by atoms with Crippen molar-refractivity contribution in [3.05, 3.63) is 18.3 Å². The average molecular weight is 271 g/mol. The van der Waals surface area contributed by atoms with Crippen LogP contribution in [0.4, 0.5) is 11.5 Å². The molecule has 5 nitrogen and oxygen atoms in total. The van der Waals surface area contributed by atoms with Crippen LogP contribution >= 0.6 is 12.4 Å². The van der Waals surface area contributed by atoms with Gasteiger partial charge in [-0.3, -0.25) is 4.79 Å². The standard InChI is InChI=1S/C12H18N4O.ClH/c1-13-9-12(17)15-10-4-5-11(14-8-10)16-6-2-3-7-16;/h4-5,8,13H,2-3,6-7,9H2,1H3,(H,15,17);1H. The molecule has 18 heavy (non-hydrogen) atoms. The highest BCUT2D eigenvalue weighted by molar-refractivity contribution is 5.92. The van der Waals surface area contributed by atoms with Crippen molar-refractivity contribution in [2.75, 3.05) is 36.9 Å². The maximum absolute atomic E-state index is 11.3. The molecule has 1 aromatic rings. The number of hydrogen-bond acceptors (Lipinski definition) is 4. The van der Waals surface area contributed by atoms with E-state index in [1.54, 1.807) is 13.2 Å². The Morgan fingerprint density at radius 2 is 2.11 bits per heavy atom. The van der Waals surface area contributed by atoms with Gasteiger partial charge in [0.2, 0.25) is 5.91 Å². The summed E-state index contributed by atoms with van der Waals surface area (Å²) in [4.78, 5) is 18.0. The lowest BCUT2D eigenvalue weighted by Crippen LogP contribution is -2.25. The molecule has 2 N–H and O–H groups in total. The summed E-state index contributed by atoms with van der Waals surface area (Å²) < 4.78 is 0. The number of nitrogens with zero attached hydrogens (tertiary/aromatic N) is 2. The summed E-state index contributed by atoms with van der Waals surface area (Å²) in [5.41, 5.74) is 0.744. The maximum Gasteiger partial charge on any atom is 0.238 e. The van der Waals surface area contributed by atoms with E-state index in [1.165, 1.54) is 12.8 Å². The molecule has 2 rings (SSSR count). The van der Waals surface area contributed by atoms with Crippen molar-refractivity contribution in [3.8, 4) is 0 Å². The Bertz CT molecular complexity index is 376. The van der Waals surface area contributed by atoms with Crippen molar-refractivity contribution in [2.45, 2.75) is 12.8 Å². The van der Waals surface area contributed by atoms with E-state index >= 15 is 0 Å². The van der Waals surface area contributed by atoms with Crippen LogP contribution in [0.3, 0.4) is 0 Å². The van der Waals surface area contributed by atoms with E-state index in [-0.39, 0.29) is 18.3 Å². The Kier molecular flexibility index (Phi) is 5.88. The van der Waals surface area contributed by atoms with E-state index in [2.05, 4.69) is 20.5 Å². The Morgan fingerprint density at radius 1 is 1.39 bits per heavy atom. The Balaban J connectivity index is 0.00000162. The van der Waals surface area contributed by atoms with Crippen LogP contribution in [0.1, 0.15) is 12.8 Å². The molecule has 100 valence electrons. The molecule has 0 radical (unpaired) electrons. The van der Waals surface area contributed by atoms with E-state index in [9.17, 15) is 4.79 Å². The first kappa shape index (κ1) is 14.7. The second-order valence-corrected chi connectivity index (χ2v) is 4.18. The minimum atomic E-state index is -0.0526. The van der Waals surface area contributed by atoms with Crippen LogP contribution in [-0.4, -0.2) is 37.6 Å². The van der Waals surface area contributed by atoms with Crippen molar-refractivity contribution in [3.63, 3.8) is 0 Å². The fourth-order valence-corrected chi connectivity index (χ4v) is 1.96. The molecule has 1 amide bonds. The third kappa shape index (κ3) is 3.85. The summed E-state index contributed by atoms with van der Waals surface area (Å²) in [6.07, 6.45) is 4.19. The number of rotatable bonds is 4. The first-order chi connectivity index (χ1) is 8.29. The fraction of sp³-hybridized carbons (Fsp3) is 0.500. The van der Waals surface area contributed by atoms with E-state index in [1.807, 2.05) is 12.1 Å². The van der Waals surface area contributed by atoms with Gasteiger partial charge in [0, 0.05) is 13.1 Å². The smallest absolute Gasteiger partial charge is 0.238 e. The number of halogens is 1. The van der Waals surface area contributed by atoms with Gasteiger partial charge in [-0.2, -0.15) is 0 Å². The number of carbonyl (C=O) groups excluding carboxylic acids is 1. The molecule has 1 saturated heterocycles. The number of carbonyl (C=O) groups is 1. The van der Waals surface area contributed by atoms with Gasteiger partial charge in [0.15, 0.2) is 0 Å². The van der Waals surface area contributed by atoms with Gasteiger partial charge in [-0.05, 0) is 32.0 Å². The van der Waals surface area contributed by atoms with Gasteiger partial charge >= 0.3 is 0 Å². The number of likely N-dealkylation sites (N-methyl/N-ethyl adjacent to an activating group) is 1. The molecule has 0 unspecified atom stereocenters. The highest BCUT2D eigenvalue weighted by atomic mass is 35.5. The highest BCUT2D eigenvalue weighted by Gasteiger charge is 2.13. The van der Waals surface area contributed by atoms with E-state index in [0.29, 0.717) is 6.54 Å². The molecule has 6 heteroatoms. The zero-order valence-corrected chi connectivity index (χ0v) is 11.3. The van der Waals surface area contributed by atoms with Gasteiger partial charge in [-0.15, -0.1) is 12.4 Å². The quantitative estimate of drug-likeness (QED) is 0.865. The predicted octanol–water partition coefficient (Wildman–Crippen LogP) is 1.26. The van der Waals surface area contributed by atoms with Crippen LogP contribution < -0.4 is 15.5 Å². The van der Waals surface area contributed by atoms with Crippen LogP contribution in [0.2, 0.25) is 0 Å². The lowest BCUT2D eigenvalue weighted by Gasteiger charge is -2.16. The molecular weight excluding hydrogens is 252 g/mol. The number of aromatic nitrogens is 1. The summed E-state index contributed by atoms with van der Waals surface area (Å²) >= 11 is 0. The monoisotopic (exact) mass is 270 g/mol. The summed E-state index contributed by atoms with van der Waals surface area (Å²) in [5, 5.41) is 5.58. The molecule has 0 saturated carbocycles. The summed E-state index contributed by atoms with van der Waals surface area (Å²) in [7, 11) is 1.74. The van der Waals surface area contributed by atoms with Gasteiger partial charge in [-0.1, -0.05) is 0 Å². The molecule has 0 bridgehead atoms. The van der Waals surface area contributed by atoms with Gasteiger partial charge in [0.05, 0.1) is 18.4 Å². The average Bonchev–Trinajstić information content (AvgIpc) is 2.84. The summed E-state index contributed by atoms with van der Waals surface area (Å²) in [6, 6.07) is 3.86. The van der Waals surface area contributed by atoms with Crippen molar-refractivity contribution in [1.82, 2.24) is 10.3 Å². The molecule has 0 spiro atoms. The van der Waals surface area contributed by atoms with E-state index < -0.39 is 0 Å². The predicted molar refractivity (Wildman–Crippen MR) is 75.5 cm³/mol. The minimum absolute atomic E-state index is 0. The van der Waals surface area contributed by atoms with Gasteiger partial charge in [0.25, 0.3) is 0 Å². The molecule has 1 aliphatic heterocycles. The van der Waals surface area contributed by atoms with E-state index in [4.69, 9.17) is 0 Å².